The number of rotatable bonds is 2. The SMILES string of the molecule is CCC1CC=C(C2CCC(=O)NC2=O)c2cc(O)c(N)cc21. The molecule has 5 heteroatoms. The third-order valence-electron chi connectivity index (χ3n) is 4.68. The number of benzene rings is 1. The molecule has 5 nitrogen and oxygen atoms in total. The molecule has 1 aromatic rings. The second kappa shape index (κ2) is 5.48. The average Bonchev–Trinajstić information content (AvgIpc) is 2.48. The van der Waals surface area contributed by atoms with Crippen LogP contribution in [-0.4, -0.2) is 16.9 Å². The lowest BCUT2D eigenvalue weighted by atomic mass is 9.75. The number of fused-ring (bicyclic) bond motifs is 1. The van der Waals surface area contributed by atoms with Gasteiger partial charge in [-0.2, -0.15) is 0 Å². The van der Waals surface area contributed by atoms with Crippen LogP contribution in [0.15, 0.2) is 18.2 Å². The van der Waals surface area contributed by atoms with E-state index in [-0.39, 0.29) is 23.5 Å². The highest BCUT2D eigenvalue weighted by molar-refractivity contribution is 6.04. The number of hydrogen-bond acceptors (Lipinski definition) is 4. The van der Waals surface area contributed by atoms with Crippen LogP contribution in [0.3, 0.4) is 0 Å². The van der Waals surface area contributed by atoms with Gasteiger partial charge in [-0.1, -0.05) is 13.0 Å². The van der Waals surface area contributed by atoms with E-state index in [0.717, 1.165) is 29.5 Å². The molecule has 1 fully saturated rings. The number of nitrogens with one attached hydrogen (secondary N) is 1. The van der Waals surface area contributed by atoms with Crippen molar-refractivity contribution in [1.29, 1.82) is 0 Å². The van der Waals surface area contributed by atoms with E-state index in [1.165, 1.54) is 0 Å². The first-order valence-electron chi connectivity index (χ1n) is 7.67. The lowest BCUT2D eigenvalue weighted by Gasteiger charge is -2.31. The summed E-state index contributed by atoms with van der Waals surface area (Å²) in [6.07, 6.45) is 4.75. The summed E-state index contributed by atoms with van der Waals surface area (Å²) in [5.74, 6) is -0.426. The Balaban J connectivity index is 2.04. The molecule has 0 bridgehead atoms. The topological polar surface area (TPSA) is 92.4 Å². The molecule has 1 aliphatic carbocycles. The van der Waals surface area contributed by atoms with E-state index in [2.05, 4.69) is 18.3 Å². The quantitative estimate of drug-likeness (QED) is 0.444. The average molecular weight is 300 g/mol. The van der Waals surface area contributed by atoms with Crippen molar-refractivity contribution in [3.63, 3.8) is 0 Å². The second-order valence-electron chi connectivity index (χ2n) is 6.00. The third-order valence-corrected chi connectivity index (χ3v) is 4.68. The Labute approximate surface area is 129 Å². The maximum absolute atomic E-state index is 12.2. The Kier molecular flexibility index (Phi) is 3.64. The summed E-state index contributed by atoms with van der Waals surface area (Å²) in [6, 6.07) is 3.47. The smallest absolute Gasteiger partial charge is 0.234 e. The molecule has 2 aliphatic rings. The first-order valence-corrected chi connectivity index (χ1v) is 7.67. The van der Waals surface area contributed by atoms with Gasteiger partial charge in [0.2, 0.25) is 11.8 Å². The molecule has 3 rings (SSSR count). The summed E-state index contributed by atoms with van der Waals surface area (Å²) in [5, 5.41) is 12.4. The van der Waals surface area contributed by atoms with Gasteiger partial charge in [-0.05, 0) is 54.0 Å². The largest absolute Gasteiger partial charge is 0.506 e. The van der Waals surface area contributed by atoms with Gasteiger partial charge in [0.25, 0.3) is 0 Å². The molecule has 1 aliphatic heterocycles. The number of carbonyl (C=O) groups is 2. The molecule has 1 aromatic carbocycles. The molecule has 4 N–H and O–H groups in total. The van der Waals surface area contributed by atoms with Crippen molar-refractivity contribution in [1.82, 2.24) is 5.32 Å². The maximum atomic E-state index is 12.2. The Bertz CT molecular complexity index is 679. The van der Waals surface area contributed by atoms with Crippen molar-refractivity contribution >= 4 is 23.1 Å². The van der Waals surface area contributed by atoms with Gasteiger partial charge in [0.15, 0.2) is 0 Å². The molecule has 2 unspecified atom stereocenters. The molecular formula is C17H20N2O3. The highest BCUT2D eigenvalue weighted by Crippen LogP contribution is 2.44. The van der Waals surface area contributed by atoms with Crippen molar-refractivity contribution in [3.8, 4) is 5.75 Å². The van der Waals surface area contributed by atoms with E-state index < -0.39 is 0 Å². The van der Waals surface area contributed by atoms with Crippen LogP contribution in [0.4, 0.5) is 5.69 Å². The van der Waals surface area contributed by atoms with E-state index >= 15 is 0 Å². The molecule has 0 aromatic heterocycles. The number of phenols is 1. The monoisotopic (exact) mass is 300 g/mol. The summed E-state index contributed by atoms with van der Waals surface area (Å²) < 4.78 is 0. The second-order valence-corrected chi connectivity index (χ2v) is 6.00. The van der Waals surface area contributed by atoms with E-state index in [0.29, 0.717) is 24.4 Å². The Morgan fingerprint density at radius 1 is 1.36 bits per heavy atom. The van der Waals surface area contributed by atoms with Crippen LogP contribution >= 0.6 is 0 Å². The highest BCUT2D eigenvalue weighted by Gasteiger charge is 2.33. The van der Waals surface area contributed by atoms with E-state index in [1.54, 1.807) is 6.07 Å². The predicted octanol–water partition coefficient (Wildman–Crippen LogP) is 2.31. The number of allylic oxidation sites excluding steroid dienone is 1. The number of nitrogen functional groups attached to an aromatic ring is 1. The fraction of sp³-hybridized carbons (Fsp3) is 0.412. The van der Waals surface area contributed by atoms with Gasteiger partial charge in [0.1, 0.15) is 5.75 Å². The van der Waals surface area contributed by atoms with E-state index in [1.807, 2.05) is 6.07 Å². The molecule has 116 valence electrons. The summed E-state index contributed by atoms with van der Waals surface area (Å²) >= 11 is 0. The zero-order valence-electron chi connectivity index (χ0n) is 12.6. The molecule has 22 heavy (non-hydrogen) atoms. The van der Waals surface area contributed by atoms with Crippen LogP contribution < -0.4 is 11.1 Å². The lowest BCUT2D eigenvalue weighted by Crippen LogP contribution is -2.41. The summed E-state index contributed by atoms with van der Waals surface area (Å²) in [4.78, 5) is 23.5. The van der Waals surface area contributed by atoms with E-state index in [4.69, 9.17) is 5.73 Å². The minimum Gasteiger partial charge on any atom is -0.506 e. The van der Waals surface area contributed by atoms with Crippen molar-refractivity contribution in [3.05, 3.63) is 29.3 Å². The van der Waals surface area contributed by atoms with Crippen LogP contribution in [0.2, 0.25) is 0 Å². The minimum absolute atomic E-state index is 0.0358. The molecular weight excluding hydrogens is 280 g/mol. The minimum atomic E-state index is -0.336. The van der Waals surface area contributed by atoms with E-state index in [9.17, 15) is 14.7 Å². The number of nitrogens with two attached hydrogens (primary N) is 1. The van der Waals surface area contributed by atoms with Gasteiger partial charge in [0, 0.05) is 6.42 Å². The lowest BCUT2D eigenvalue weighted by molar-refractivity contribution is -0.134. The number of phenolic OH excluding ortho intramolecular Hbond substituents is 1. The molecule has 0 radical (unpaired) electrons. The summed E-state index contributed by atoms with van der Waals surface area (Å²) in [6.45, 7) is 2.11. The zero-order valence-corrected chi connectivity index (χ0v) is 12.6. The molecule has 2 amide bonds. The Morgan fingerprint density at radius 2 is 2.14 bits per heavy atom. The van der Waals surface area contributed by atoms with Gasteiger partial charge in [-0.25, -0.2) is 0 Å². The normalized spacial score (nSPS) is 24.5. The number of piperidine rings is 1. The number of carbonyl (C=O) groups excluding carboxylic acids is 2. The van der Waals surface area contributed by atoms with Crippen LogP contribution in [0.1, 0.15) is 49.7 Å². The Hall–Kier alpha value is -2.30. The van der Waals surface area contributed by atoms with Gasteiger partial charge in [0.05, 0.1) is 11.6 Å². The molecule has 2 atom stereocenters. The standard InChI is InChI=1S/C17H20N2O3/c1-2-9-3-4-10(11-5-6-16(21)19-17(11)22)13-8-15(20)14(18)7-12(9)13/h4,7-9,11,20H,2-3,5-6,18H2,1H3,(H,19,21,22). The van der Waals surface area contributed by atoms with Crippen LogP contribution in [-0.2, 0) is 9.59 Å². The number of hydrogen-bond donors (Lipinski definition) is 3. The van der Waals surface area contributed by atoms with Crippen molar-refractivity contribution in [2.45, 2.75) is 38.5 Å². The highest BCUT2D eigenvalue weighted by atomic mass is 16.3. The molecule has 1 saturated heterocycles. The predicted molar refractivity (Wildman–Crippen MR) is 84.0 cm³/mol. The molecule has 0 saturated carbocycles. The van der Waals surface area contributed by atoms with Gasteiger partial charge in [-0.3, -0.25) is 14.9 Å². The first-order chi connectivity index (χ1) is 10.5. The van der Waals surface area contributed by atoms with Crippen molar-refractivity contribution < 1.29 is 14.7 Å². The number of aromatic hydroxyl groups is 1. The molecule has 0 spiro atoms. The maximum Gasteiger partial charge on any atom is 0.234 e. The van der Waals surface area contributed by atoms with Crippen molar-refractivity contribution in [2.75, 3.05) is 5.73 Å². The van der Waals surface area contributed by atoms with Crippen LogP contribution in [0, 0.1) is 5.92 Å². The fourth-order valence-electron chi connectivity index (χ4n) is 3.42. The third kappa shape index (κ3) is 2.36. The Morgan fingerprint density at radius 3 is 2.82 bits per heavy atom. The zero-order chi connectivity index (χ0) is 15.9. The number of anilines is 1. The summed E-state index contributed by atoms with van der Waals surface area (Å²) in [7, 11) is 0. The first kappa shape index (κ1) is 14.6. The van der Waals surface area contributed by atoms with Gasteiger partial charge in [-0.15, -0.1) is 0 Å². The fourth-order valence-corrected chi connectivity index (χ4v) is 3.42. The van der Waals surface area contributed by atoms with Crippen molar-refractivity contribution in [2.24, 2.45) is 5.92 Å². The number of imide groups is 1. The van der Waals surface area contributed by atoms with Gasteiger partial charge < -0.3 is 10.8 Å². The van der Waals surface area contributed by atoms with Gasteiger partial charge >= 0.3 is 0 Å². The van der Waals surface area contributed by atoms with Crippen LogP contribution in [0.5, 0.6) is 5.75 Å². The summed E-state index contributed by atoms with van der Waals surface area (Å²) in [5.41, 5.74) is 9.07. The van der Waals surface area contributed by atoms with Crippen LogP contribution in [0.25, 0.3) is 5.57 Å². The molecule has 1 heterocycles. The number of amides is 2.